The lowest BCUT2D eigenvalue weighted by atomic mass is 9.80. The van der Waals surface area contributed by atoms with Crippen molar-refractivity contribution in [3.63, 3.8) is 0 Å². The van der Waals surface area contributed by atoms with Gasteiger partial charge in [-0.3, -0.25) is 4.79 Å². The highest BCUT2D eigenvalue weighted by Gasteiger charge is 2.37. The number of aliphatic hydroxyl groups excluding tert-OH is 1. The Labute approximate surface area is 190 Å². The molecule has 1 heterocycles. The average Bonchev–Trinajstić information content (AvgIpc) is 2.83. The summed E-state index contributed by atoms with van der Waals surface area (Å²) in [5.74, 6) is 0.711. The first kappa shape index (κ1) is 23.8. The summed E-state index contributed by atoms with van der Waals surface area (Å²) >= 11 is 0. The van der Waals surface area contributed by atoms with Gasteiger partial charge in [-0.2, -0.15) is 0 Å². The summed E-state index contributed by atoms with van der Waals surface area (Å²) in [5, 5.41) is 12.4. The van der Waals surface area contributed by atoms with Gasteiger partial charge in [-0.05, 0) is 55.5 Å². The van der Waals surface area contributed by atoms with Crippen LogP contribution in [-0.4, -0.2) is 44.2 Å². The number of carbonyl (C=O) groups excluding carboxylic acids is 1. The largest absolute Gasteiger partial charge is 0.497 e. The predicted molar refractivity (Wildman–Crippen MR) is 123 cm³/mol. The maximum absolute atomic E-state index is 12.9. The van der Waals surface area contributed by atoms with Crippen LogP contribution in [0, 0.1) is 5.92 Å². The van der Waals surface area contributed by atoms with E-state index in [1.165, 1.54) is 5.56 Å². The Morgan fingerprint density at radius 1 is 1.12 bits per heavy atom. The number of carbonyl (C=O) groups is 1. The maximum Gasteiger partial charge on any atom is 0.286 e. The molecule has 32 heavy (non-hydrogen) atoms. The Kier molecular flexibility index (Phi) is 9.13. The lowest BCUT2D eigenvalue weighted by Gasteiger charge is -2.37. The minimum absolute atomic E-state index is 0.0173. The molecule has 3 rings (SSSR count). The van der Waals surface area contributed by atoms with E-state index in [9.17, 15) is 9.90 Å². The Morgan fingerprint density at radius 3 is 2.53 bits per heavy atom. The highest BCUT2D eigenvalue weighted by molar-refractivity contribution is 5.91. The van der Waals surface area contributed by atoms with Crippen molar-refractivity contribution < 1.29 is 24.1 Å². The van der Waals surface area contributed by atoms with Crippen molar-refractivity contribution in [1.82, 2.24) is 5.32 Å². The molecule has 0 unspecified atom stereocenters. The lowest BCUT2D eigenvalue weighted by molar-refractivity contribution is -0.166. The van der Waals surface area contributed by atoms with E-state index in [2.05, 4.69) is 5.32 Å². The molecule has 1 aliphatic heterocycles. The zero-order valence-corrected chi connectivity index (χ0v) is 18.8. The number of allylic oxidation sites excluding steroid dienone is 1. The second kappa shape index (κ2) is 12.3. The van der Waals surface area contributed by atoms with Gasteiger partial charge in [0.2, 0.25) is 6.29 Å². The van der Waals surface area contributed by atoms with Gasteiger partial charge >= 0.3 is 0 Å². The van der Waals surface area contributed by atoms with E-state index in [-0.39, 0.29) is 30.1 Å². The molecule has 172 valence electrons. The molecule has 0 radical (unpaired) electrons. The summed E-state index contributed by atoms with van der Waals surface area (Å²) in [5.41, 5.74) is 2.22. The fourth-order valence-corrected chi connectivity index (χ4v) is 4.02. The summed E-state index contributed by atoms with van der Waals surface area (Å²) < 4.78 is 17.2. The third-order valence-corrected chi connectivity index (χ3v) is 5.68. The SMILES string of the molecule is CCO[C@H]1OC(C(=O)NCCc2ccccc2)=C[C@@H](c2ccc(OC)cc2)[C@H]1CCCO. The Balaban J connectivity index is 1.79. The van der Waals surface area contributed by atoms with E-state index in [4.69, 9.17) is 14.2 Å². The summed E-state index contributed by atoms with van der Waals surface area (Å²) in [6.45, 7) is 3.00. The van der Waals surface area contributed by atoms with Gasteiger partial charge in [0.15, 0.2) is 5.76 Å². The molecule has 2 aromatic rings. The van der Waals surface area contributed by atoms with Crippen LogP contribution in [0.3, 0.4) is 0 Å². The second-order valence-corrected chi connectivity index (χ2v) is 7.79. The van der Waals surface area contributed by atoms with Gasteiger partial charge in [-0.1, -0.05) is 42.5 Å². The van der Waals surface area contributed by atoms with Crippen LogP contribution in [0.2, 0.25) is 0 Å². The number of amides is 1. The van der Waals surface area contributed by atoms with E-state index in [0.717, 1.165) is 24.2 Å². The summed E-state index contributed by atoms with van der Waals surface area (Å²) in [4.78, 5) is 12.9. The number of ether oxygens (including phenoxy) is 3. The van der Waals surface area contributed by atoms with E-state index >= 15 is 0 Å². The van der Waals surface area contributed by atoms with Crippen molar-refractivity contribution in [2.75, 3.05) is 26.9 Å². The van der Waals surface area contributed by atoms with Crippen LogP contribution < -0.4 is 10.1 Å². The van der Waals surface area contributed by atoms with Gasteiger partial charge < -0.3 is 24.6 Å². The van der Waals surface area contributed by atoms with Crippen LogP contribution >= 0.6 is 0 Å². The lowest BCUT2D eigenvalue weighted by Crippen LogP contribution is -2.39. The van der Waals surface area contributed by atoms with Crippen molar-refractivity contribution in [2.24, 2.45) is 5.92 Å². The molecule has 0 spiro atoms. The van der Waals surface area contributed by atoms with Gasteiger partial charge in [-0.25, -0.2) is 0 Å². The molecule has 0 fully saturated rings. The molecule has 2 N–H and O–H groups in total. The molecule has 0 bridgehead atoms. The third-order valence-electron chi connectivity index (χ3n) is 5.68. The first-order valence-corrected chi connectivity index (χ1v) is 11.2. The van der Waals surface area contributed by atoms with Gasteiger partial charge in [0.05, 0.1) is 7.11 Å². The first-order chi connectivity index (χ1) is 15.7. The molecule has 0 saturated carbocycles. The Bertz CT molecular complexity index is 866. The van der Waals surface area contributed by atoms with Gasteiger partial charge in [0.1, 0.15) is 5.75 Å². The Hall–Kier alpha value is -2.83. The van der Waals surface area contributed by atoms with E-state index in [1.54, 1.807) is 7.11 Å². The summed E-state index contributed by atoms with van der Waals surface area (Å²) in [6, 6.07) is 17.9. The molecule has 1 amide bonds. The third kappa shape index (κ3) is 6.34. The van der Waals surface area contributed by atoms with Crippen molar-refractivity contribution in [3.05, 3.63) is 77.6 Å². The van der Waals surface area contributed by atoms with Crippen LogP contribution in [0.1, 0.15) is 36.8 Å². The zero-order valence-electron chi connectivity index (χ0n) is 18.8. The van der Waals surface area contributed by atoms with Crippen molar-refractivity contribution >= 4 is 5.91 Å². The van der Waals surface area contributed by atoms with Gasteiger partial charge in [-0.15, -0.1) is 0 Å². The number of rotatable bonds is 11. The fraction of sp³-hybridized carbons (Fsp3) is 0.423. The van der Waals surface area contributed by atoms with Crippen LogP contribution in [0.15, 0.2) is 66.4 Å². The van der Waals surface area contributed by atoms with E-state index in [0.29, 0.717) is 19.6 Å². The smallest absolute Gasteiger partial charge is 0.286 e. The van der Waals surface area contributed by atoms with E-state index < -0.39 is 6.29 Å². The average molecular weight is 440 g/mol. The molecule has 3 atom stereocenters. The van der Waals surface area contributed by atoms with Crippen LogP contribution in [-0.2, 0) is 20.7 Å². The highest BCUT2D eigenvalue weighted by Crippen LogP contribution is 2.39. The molecule has 0 aromatic heterocycles. The van der Waals surface area contributed by atoms with Crippen LogP contribution in [0.4, 0.5) is 0 Å². The molecular formula is C26H33NO5. The van der Waals surface area contributed by atoms with Gasteiger partial charge in [0.25, 0.3) is 5.91 Å². The Morgan fingerprint density at radius 2 is 1.88 bits per heavy atom. The predicted octanol–water partition coefficient (Wildman–Crippen LogP) is 3.80. The zero-order chi connectivity index (χ0) is 22.8. The number of benzene rings is 2. The molecule has 0 saturated heterocycles. The number of nitrogens with one attached hydrogen (secondary N) is 1. The molecule has 1 aliphatic rings. The van der Waals surface area contributed by atoms with Crippen molar-refractivity contribution in [2.45, 2.75) is 38.4 Å². The monoisotopic (exact) mass is 439 g/mol. The highest BCUT2D eigenvalue weighted by atomic mass is 16.7. The van der Waals surface area contributed by atoms with Crippen LogP contribution in [0.5, 0.6) is 5.75 Å². The summed E-state index contributed by atoms with van der Waals surface area (Å²) in [6.07, 6.45) is 3.43. The number of hydrogen-bond acceptors (Lipinski definition) is 5. The molecule has 2 aromatic carbocycles. The standard InChI is InChI=1S/C26H33NO5/c1-3-31-26-22(10-7-17-28)23(20-11-13-21(30-2)14-12-20)18-24(32-26)25(29)27-16-15-19-8-5-4-6-9-19/h4-6,8-9,11-14,18,22-23,26,28H,3,7,10,15-17H2,1-2H3,(H,27,29)/t22-,23+,26+/m1/s1. The van der Waals surface area contributed by atoms with Crippen LogP contribution in [0.25, 0.3) is 0 Å². The normalized spacial score (nSPS) is 20.2. The molecule has 6 nitrogen and oxygen atoms in total. The maximum atomic E-state index is 12.9. The first-order valence-electron chi connectivity index (χ1n) is 11.2. The summed E-state index contributed by atoms with van der Waals surface area (Å²) in [7, 11) is 1.64. The van der Waals surface area contributed by atoms with E-state index in [1.807, 2.05) is 67.6 Å². The minimum atomic E-state index is -0.557. The minimum Gasteiger partial charge on any atom is -0.497 e. The topological polar surface area (TPSA) is 77.0 Å². The molecular weight excluding hydrogens is 406 g/mol. The van der Waals surface area contributed by atoms with Gasteiger partial charge in [0, 0.05) is 31.6 Å². The number of hydrogen-bond donors (Lipinski definition) is 2. The second-order valence-electron chi connectivity index (χ2n) is 7.79. The van der Waals surface area contributed by atoms with Crippen molar-refractivity contribution in [3.8, 4) is 5.75 Å². The molecule has 0 aliphatic carbocycles. The fourth-order valence-electron chi connectivity index (χ4n) is 4.02. The quantitative estimate of drug-likeness (QED) is 0.557. The van der Waals surface area contributed by atoms with Crippen molar-refractivity contribution in [1.29, 1.82) is 0 Å². The molecule has 6 heteroatoms. The number of methoxy groups -OCH3 is 1. The number of aliphatic hydroxyl groups is 1.